The fraction of sp³-hybridized carbons (Fsp3) is 0. The lowest BCUT2D eigenvalue weighted by Gasteiger charge is -2.26. The van der Waals surface area contributed by atoms with E-state index < -0.39 is 0 Å². The lowest BCUT2D eigenvalue weighted by Crippen LogP contribution is -2.10. The van der Waals surface area contributed by atoms with E-state index in [0.29, 0.717) is 5.56 Å². The zero-order chi connectivity index (χ0) is 39.3. The summed E-state index contributed by atoms with van der Waals surface area (Å²) >= 11 is 0. The highest BCUT2D eigenvalue weighted by Gasteiger charge is 2.31. The first-order valence-electron chi connectivity index (χ1n) is 20.1. The van der Waals surface area contributed by atoms with Gasteiger partial charge in [-0.15, -0.1) is 0 Å². The van der Waals surface area contributed by atoms with Gasteiger partial charge in [-0.05, 0) is 137 Å². The molecular formula is C57H36N2. The molecule has 1 aliphatic carbocycles. The summed E-state index contributed by atoms with van der Waals surface area (Å²) in [5, 5.41) is 14.5. The molecule has 1 aliphatic rings. The smallest absolute Gasteiger partial charge is 0.0991 e. The van der Waals surface area contributed by atoms with Crippen molar-refractivity contribution in [1.82, 2.24) is 0 Å². The van der Waals surface area contributed by atoms with Gasteiger partial charge in [0.05, 0.1) is 11.6 Å². The molecule has 0 amide bonds. The highest BCUT2D eigenvalue weighted by molar-refractivity contribution is 6.28. The third-order valence-corrected chi connectivity index (χ3v) is 11.8. The van der Waals surface area contributed by atoms with Crippen molar-refractivity contribution in [3.63, 3.8) is 0 Å². The maximum atomic E-state index is 9.39. The van der Waals surface area contributed by atoms with Crippen LogP contribution in [0.2, 0.25) is 0 Å². The van der Waals surface area contributed by atoms with Crippen molar-refractivity contribution in [2.45, 2.75) is 0 Å². The average molecular weight is 749 g/mol. The number of hydrogen-bond acceptors (Lipinski definition) is 2. The summed E-state index contributed by atoms with van der Waals surface area (Å²) in [6, 6.07) is 80.5. The Kier molecular flexibility index (Phi) is 8.24. The van der Waals surface area contributed by atoms with Crippen LogP contribution < -0.4 is 4.90 Å². The molecule has 0 aromatic heterocycles. The highest BCUT2D eigenvalue weighted by atomic mass is 15.1. The number of nitriles is 1. The number of fused-ring (bicyclic) bond motifs is 4. The normalized spacial score (nSPS) is 11.4. The molecule has 0 bridgehead atoms. The summed E-state index contributed by atoms with van der Waals surface area (Å²) in [4.78, 5) is 2.33. The van der Waals surface area contributed by atoms with E-state index in [2.05, 4.69) is 205 Å². The third kappa shape index (κ3) is 5.72. The molecule has 0 saturated carbocycles. The Morgan fingerprint density at radius 3 is 1.37 bits per heavy atom. The first-order valence-corrected chi connectivity index (χ1v) is 20.1. The van der Waals surface area contributed by atoms with Crippen LogP contribution >= 0.6 is 0 Å². The second-order valence-electron chi connectivity index (χ2n) is 15.1. The van der Waals surface area contributed by atoms with Gasteiger partial charge in [0.1, 0.15) is 0 Å². The van der Waals surface area contributed by atoms with Gasteiger partial charge >= 0.3 is 0 Å². The summed E-state index contributed by atoms with van der Waals surface area (Å²) < 4.78 is 0. The minimum absolute atomic E-state index is 0.654. The fourth-order valence-electron chi connectivity index (χ4n) is 9.26. The van der Waals surface area contributed by atoms with E-state index in [0.717, 1.165) is 33.8 Å². The summed E-state index contributed by atoms with van der Waals surface area (Å²) in [5.74, 6) is 0. The molecule has 10 aromatic rings. The van der Waals surface area contributed by atoms with Gasteiger partial charge < -0.3 is 4.90 Å². The molecular weight excluding hydrogens is 713 g/mol. The Morgan fingerprint density at radius 2 is 0.763 bits per heavy atom. The van der Waals surface area contributed by atoms with E-state index in [9.17, 15) is 5.26 Å². The molecule has 10 aromatic carbocycles. The molecule has 274 valence electrons. The quantitative estimate of drug-likeness (QED) is 0.162. The van der Waals surface area contributed by atoms with Crippen molar-refractivity contribution in [3.05, 3.63) is 224 Å². The number of hydrogen-bond donors (Lipinski definition) is 0. The standard InChI is InChI=1S/C57H36N2/c58-37-38-29-31-39(32-30-38)42-19-12-23-45(35-42)59(44-21-8-3-9-22-44)46-24-13-20-43(36-46)47-33-34-52-55-48(47)27-14-28-51(55)56-53(40-15-4-1-5-16-40)49-25-10-11-26-50(49)54(57(52)56)41-17-6-2-7-18-41/h1-36H. The second-order valence-corrected chi connectivity index (χ2v) is 15.1. The molecule has 0 aliphatic heterocycles. The second kappa shape index (κ2) is 14.2. The summed E-state index contributed by atoms with van der Waals surface area (Å²) in [6.07, 6.45) is 0. The maximum Gasteiger partial charge on any atom is 0.0991 e. The van der Waals surface area contributed by atoms with Crippen molar-refractivity contribution in [3.8, 4) is 72.8 Å². The van der Waals surface area contributed by atoms with Gasteiger partial charge in [-0.2, -0.15) is 5.26 Å². The van der Waals surface area contributed by atoms with E-state index in [1.165, 1.54) is 71.6 Å². The predicted molar refractivity (Wildman–Crippen MR) is 247 cm³/mol. The van der Waals surface area contributed by atoms with Crippen molar-refractivity contribution in [1.29, 1.82) is 5.26 Å². The van der Waals surface area contributed by atoms with E-state index >= 15 is 0 Å². The van der Waals surface area contributed by atoms with Gasteiger partial charge in [0.25, 0.3) is 0 Å². The molecule has 0 unspecified atom stereocenters. The Morgan fingerprint density at radius 1 is 0.305 bits per heavy atom. The first-order chi connectivity index (χ1) is 29.2. The van der Waals surface area contributed by atoms with Crippen molar-refractivity contribution in [2.24, 2.45) is 0 Å². The fourth-order valence-corrected chi connectivity index (χ4v) is 9.26. The number of para-hydroxylation sites is 1. The largest absolute Gasteiger partial charge is 0.310 e. The molecule has 59 heavy (non-hydrogen) atoms. The van der Waals surface area contributed by atoms with Crippen molar-refractivity contribution in [2.75, 3.05) is 4.90 Å². The molecule has 0 atom stereocenters. The Hall–Kier alpha value is -7.99. The van der Waals surface area contributed by atoms with Crippen LogP contribution in [0.3, 0.4) is 0 Å². The minimum Gasteiger partial charge on any atom is -0.310 e. The maximum absolute atomic E-state index is 9.39. The molecule has 0 radical (unpaired) electrons. The van der Waals surface area contributed by atoms with Crippen LogP contribution in [0.4, 0.5) is 17.1 Å². The Labute approximate surface area is 344 Å². The summed E-state index contributed by atoms with van der Waals surface area (Å²) in [6.45, 7) is 0. The number of rotatable bonds is 7. The Balaban J connectivity index is 1.11. The summed E-state index contributed by atoms with van der Waals surface area (Å²) in [7, 11) is 0. The van der Waals surface area contributed by atoms with Crippen LogP contribution in [0.1, 0.15) is 5.56 Å². The number of benzene rings is 10. The predicted octanol–water partition coefficient (Wildman–Crippen LogP) is 15.6. The molecule has 0 fully saturated rings. The lowest BCUT2D eigenvalue weighted by atomic mass is 9.82. The third-order valence-electron chi connectivity index (χ3n) is 11.8. The minimum atomic E-state index is 0.654. The molecule has 0 spiro atoms. The van der Waals surface area contributed by atoms with Crippen LogP contribution in [0.15, 0.2) is 218 Å². The Bertz CT molecular complexity index is 3160. The van der Waals surface area contributed by atoms with Gasteiger partial charge in [0, 0.05) is 17.1 Å². The molecule has 2 heteroatoms. The zero-order valence-corrected chi connectivity index (χ0v) is 32.2. The molecule has 0 N–H and O–H groups in total. The van der Waals surface area contributed by atoms with E-state index in [4.69, 9.17) is 0 Å². The highest BCUT2D eigenvalue weighted by Crippen LogP contribution is 2.58. The van der Waals surface area contributed by atoms with Crippen LogP contribution in [-0.4, -0.2) is 0 Å². The number of anilines is 3. The van der Waals surface area contributed by atoms with E-state index in [1.54, 1.807) is 0 Å². The summed E-state index contributed by atoms with van der Waals surface area (Å²) in [5.41, 5.74) is 18.5. The van der Waals surface area contributed by atoms with Crippen LogP contribution in [-0.2, 0) is 0 Å². The van der Waals surface area contributed by atoms with Gasteiger partial charge in [-0.1, -0.05) is 170 Å². The van der Waals surface area contributed by atoms with Crippen molar-refractivity contribution >= 4 is 38.6 Å². The van der Waals surface area contributed by atoms with Gasteiger partial charge in [0.15, 0.2) is 0 Å². The zero-order valence-electron chi connectivity index (χ0n) is 32.2. The van der Waals surface area contributed by atoms with Gasteiger partial charge in [0.2, 0.25) is 0 Å². The van der Waals surface area contributed by atoms with Crippen LogP contribution in [0, 0.1) is 11.3 Å². The van der Waals surface area contributed by atoms with E-state index in [1.807, 2.05) is 24.3 Å². The molecule has 0 saturated heterocycles. The first kappa shape index (κ1) is 34.3. The lowest BCUT2D eigenvalue weighted by molar-refractivity contribution is 1.28. The van der Waals surface area contributed by atoms with Gasteiger partial charge in [-0.3, -0.25) is 0 Å². The van der Waals surface area contributed by atoms with Crippen LogP contribution in [0.5, 0.6) is 0 Å². The van der Waals surface area contributed by atoms with Crippen LogP contribution in [0.25, 0.3) is 88.3 Å². The van der Waals surface area contributed by atoms with Crippen molar-refractivity contribution < 1.29 is 0 Å². The SMILES string of the molecule is N#Cc1ccc(-c2cccc(N(c3ccccc3)c3cccc(-c4ccc5c6c(cccc46)-c4c-5c(-c5ccccc5)c5ccccc5c4-c4ccccc4)c3)c2)cc1. The van der Waals surface area contributed by atoms with Gasteiger partial charge in [-0.25, -0.2) is 0 Å². The number of nitrogens with zero attached hydrogens (tertiary/aromatic N) is 2. The van der Waals surface area contributed by atoms with E-state index in [-0.39, 0.29) is 0 Å². The topological polar surface area (TPSA) is 27.0 Å². The molecule has 0 heterocycles. The molecule has 2 nitrogen and oxygen atoms in total. The monoisotopic (exact) mass is 748 g/mol. The molecule has 11 rings (SSSR count). The average Bonchev–Trinajstić information content (AvgIpc) is 3.64.